The summed E-state index contributed by atoms with van der Waals surface area (Å²) in [6.07, 6.45) is 1.15. The summed E-state index contributed by atoms with van der Waals surface area (Å²) in [5.41, 5.74) is 0.584. The van der Waals surface area contributed by atoms with Gasteiger partial charge >= 0.3 is 5.97 Å². The summed E-state index contributed by atoms with van der Waals surface area (Å²) in [6, 6.07) is 3.92. The van der Waals surface area contributed by atoms with Crippen LogP contribution in [0.5, 0.6) is 0 Å². The SMILES string of the molecule is CC1CC1c1ccc(-c2nc(CC(=O)O)cs2)o1. The van der Waals surface area contributed by atoms with E-state index in [1.54, 1.807) is 5.38 Å². The summed E-state index contributed by atoms with van der Waals surface area (Å²) in [7, 11) is 0. The molecule has 1 aliphatic rings. The minimum Gasteiger partial charge on any atom is -0.481 e. The third-order valence-corrected chi connectivity index (χ3v) is 4.10. The van der Waals surface area contributed by atoms with Crippen LogP contribution in [0.25, 0.3) is 10.8 Å². The van der Waals surface area contributed by atoms with Crippen molar-refractivity contribution >= 4 is 17.3 Å². The van der Waals surface area contributed by atoms with Gasteiger partial charge in [-0.05, 0) is 24.5 Å². The van der Waals surface area contributed by atoms with Crippen LogP contribution in [-0.2, 0) is 11.2 Å². The molecule has 0 saturated heterocycles. The molecule has 3 rings (SSSR count). The maximum atomic E-state index is 10.6. The topological polar surface area (TPSA) is 63.3 Å². The van der Waals surface area contributed by atoms with Crippen molar-refractivity contribution in [1.29, 1.82) is 0 Å². The molecule has 0 radical (unpaired) electrons. The lowest BCUT2D eigenvalue weighted by atomic mass is 10.3. The number of aromatic nitrogens is 1. The number of hydrogen-bond donors (Lipinski definition) is 1. The number of aliphatic carboxylic acids is 1. The lowest BCUT2D eigenvalue weighted by molar-refractivity contribution is -0.136. The fraction of sp³-hybridized carbons (Fsp3) is 0.385. The highest BCUT2D eigenvalue weighted by Crippen LogP contribution is 2.48. The first kappa shape index (κ1) is 11.5. The van der Waals surface area contributed by atoms with Gasteiger partial charge in [0.15, 0.2) is 10.8 Å². The molecule has 0 amide bonds. The predicted octanol–water partition coefficient (Wildman–Crippen LogP) is 3.15. The van der Waals surface area contributed by atoms with Crippen LogP contribution >= 0.6 is 11.3 Å². The highest BCUT2D eigenvalue weighted by molar-refractivity contribution is 7.13. The normalized spacial score (nSPS) is 22.1. The number of carbonyl (C=O) groups is 1. The second-order valence-electron chi connectivity index (χ2n) is 4.74. The third kappa shape index (κ3) is 2.18. The summed E-state index contributed by atoms with van der Waals surface area (Å²) >= 11 is 1.42. The fourth-order valence-corrected chi connectivity index (χ4v) is 2.82. The van der Waals surface area contributed by atoms with Crippen molar-refractivity contribution in [3.63, 3.8) is 0 Å². The smallest absolute Gasteiger partial charge is 0.309 e. The predicted molar refractivity (Wildman–Crippen MR) is 67.7 cm³/mol. The molecule has 2 aromatic heterocycles. The summed E-state index contributed by atoms with van der Waals surface area (Å²) in [5, 5.41) is 11.2. The molecule has 4 nitrogen and oxygen atoms in total. The Morgan fingerprint density at radius 1 is 1.61 bits per heavy atom. The number of rotatable bonds is 4. The minimum atomic E-state index is -0.862. The quantitative estimate of drug-likeness (QED) is 0.920. The molecule has 0 spiro atoms. The van der Waals surface area contributed by atoms with Crippen LogP contribution in [0.1, 0.15) is 30.7 Å². The number of thiazole rings is 1. The minimum absolute atomic E-state index is 0.0380. The van der Waals surface area contributed by atoms with Crippen LogP contribution in [0.3, 0.4) is 0 Å². The molecule has 2 atom stereocenters. The maximum absolute atomic E-state index is 10.6. The van der Waals surface area contributed by atoms with Crippen molar-refractivity contribution in [3.05, 3.63) is 29.0 Å². The van der Waals surface area contributed by atoms with Crippen LogP contribution in [0.2, 0.25) is 0 Å². The molecule has 2 aromatic rings. The van der Waals surface area contributed by atoms with Gasteiger partial charge in [0.05, 0.1) is 12.1 Å². The van der Waals surface area contributed by atoms with Crippen molar-refractivity contribution in [2.45, 2.75) is 25.7 Å². The van der Waals surface area contributed by atoms with Gasteiger partial charge < -0.3 is 9.52 Å². The van der Waals surface area contributed by atoms with E-state index in [-0.39, 0.29) is 6.42 Å². The summed E-state index contributed by atoms with van der Waals surface area (Å²) in [6.45, 7) is 2.21. The van der Waals surface area contributed by atoms with Gasteiger partial charge in [-0.3, -0.25) is 4.79 Å². The Bertz CT molecular complexity index is 587. The molecule has 1 aliphatic carbocycles. The van der Waals surface area contributed by atoms with E-state index in [9.17, 15) is 4.79 Å². The van der Waals surface area contributed by atoms with Gasteiger partial charge in [0.25, 0.3) is 0 Å². The Hall–Kier alpha value is -1.62. The Morgan fingerprint density at radius 2 is 2.39 bits per heavy atom. The van der Waals surface area contributed by atoms with Crippen LogP contribution in [-0.4, -0.2) is 16.1 Å². The molecule has 94 valence electrons. The number of hydrogen-bond acceptors (Lipinski definition) is 4. The lowest BCUT2D eigenvalue weighted by Gasteiger charge is -1.92. The van der Waals surface area contributed by atoms with Crippen LogP contribution in [0, 0.1) is 5.92 Å². The molecule has 1 saturated carbocycles. The molecule has 0 bridgehead atoms. The zero-order chi connectivity index (χ0) is 12.7. The van der Waals surface area contributed by atoms with Crippen molar-refractivity contribution in [2.24, 2.45) is 5.92 Å². The molecule has 1 fully saturated rings. The molecule has 2 unspecified atom stereocenters. The van der Waals surface area contributed by atoms with E-state index in [0.717, 1.165) is 16.5 Å². The van der Waals surface area contributed by atoms with Crippen molar-refractivity contribution in [3.8, 4) is 10.8 Å². The average molecular weight is 263 g/mol. The van der Waals surface area contributed by atoms with Gasteiger partial charge in [-0.25, -0.2) is 4.98 Å². The Kier molecular flexibility index (Phi) is 2.70. The molecule has 18 heavy (non-hydrogen) atoms. The summed E-state index contributed by atoms with van der Waals surface area (Å²) < 4.78 is 5.78. The Balaban J connectivity index is 1.79. The van der Waals surface area contributed by atoms with E-state index >= 15 is 0 Å². The first-order valence-corrected chi connectivity index (χ1v) is 6.77. The molecule has 5 heteroatoms. The van der Waals surface area contributed by atoms with Gasteiger partial charge in [0.1, 0.15) is 5.76 Å². The molecular formula is C13H13NO3S. The second kappa shape index (κ2) is 4.24. The highest BCUT2D eigenvalue weighted by atomic mass is 32.1. The first-order chi connectivity index (χ1) is 8.63. The summed E-state index contributed by atoms with van der Waals surface area (Å²) in [4.78, 5) is 14.9. The van der Waals surface area contributed by atoms with Crippen molar-refractivity contribution in [1.82, 2.24) is 4.98 Å². The van der Waals surface area contributed by atoms with E-state index in [2.05, 4.69) is 11.9 Å². The molecule has 0 aromatic carbocycles. The standard InChI is InChI=1S/C13H13NO3S/c1-7-4-9(7)10-2-3-11(17-10)13-14-8(6-18-13)5-12(15)16/h2-3,6-7,9H,4-5H2,1H3,(H,15,16). The lowest BCUT2D eigenvalue weighted by Crippen LogP contribution is -1.99. The van der Waals surface area contributed by atoms with E-state index in [4.69, 9.17) is 9.52 Å². The third-order valence-electron chi connectivity index (χ3n) is 3.20. The van der Waals surface area contributed by atoms with E-state index < -0.39 is 5.97 Å². The van der Waals surface area contributed by atoms with Crippen molar-refractivity contribution < 1.29 is 14.3 Å². The maximum Gasteiger partial charge on any atom is 0.309 e. The molecule has 2 heterocycles. The number of carboxylic acid groups (broad SMARTS) is 1. The average Bonchev–Trinajstić information content (AvgIpc) is 2.78. The number of nitrogens with zero attached hydrogens (tertiary/aromatic N) is 1. The van der Waals surface area contributed by atoms with E-state index in [1.165, 1.54) is 17.8 Å². The second-order valence-corrected chi connectivity index (χ2v) is 5.59. The zero-order valence-corrected chi connectivity index (χ0v) is 10.7. The van der Waals surface area contributed by atoms with Gasteiger partial charge in [-0.2, -0.15) is 0 Å². The van der Waals surface area contributed by atoms with Gasteiger partial charge in [-0.15, -0.1) is 11.3 Å². The van der Waals surface area contributed by atoms with Crippen LogP contribution in [0.4, 0.5) is 0 Å². The molecule has 0 aliphatic heterocycles. The van der Waals surface area contributed by atoms with Crippen molar-refractivity contribution in [2.75, 3.05) is 0 Å². The van der Waals surface area contributed by atoms with Crippen LogP contribution in [0.15, 0.2) is 21.9 Å². The Labute approximate surface area is 108 Å². The summed E-state index contributed by atoms with van der Waals surface area (Å²) in [5.74, 6) is 2.16. The van der Waals surface area contributed by atoms with Gasteiger partial charge in [0, 0.05) is 11.3 Å². The first-order valence-electron chi connectivity index (χ1n) is 5.90. The van der Waals surface area contributed by atoms with E-state index in [0.29, 0.717) is 17.5 Å². The zero-order valence-electron chi connectivity index (χ0n) is 9.92. The Morgan fingerprint density at radius 3 is 3.06 bits per heavy atom. The van der Waals surface area contributed by atoms with Gasteiger partial charge in [0.2, 0.25) is 0 Å². The van der Waals surface area contributed by atoms with E-state index in [1.807, 2.05) is 12.1 Å². The molecular weight excluding hydrogens is 250 g/mol. The highest BCUT2D eigenvalue weighted by Gasteiger charge is 2.36. The largest absolute Gasteiger partial charge is 0.481 e. The number of carboxylic acids is 1. The van der Waals surface area contributed by atoms with Gasteiger partial charge in [-0.1, -0.05) is 6.92 Å². The van der Waals surface area contributed by atoms with Crippen LogP contribution < -0.4 is 0 Å². The number of furan rings is 1. The monoisotopic (exact) mass is 263 g/mol. The molecule has 1 N–H and O–H groups in total. The fourth-order valence-electron chi connectivity index (χ4n) is 2.04.